The third-order valence-electron chi connectivity index (χ3n) is 3.91. The van der Waals surface area contributed by atoms with Crippen LogP contribution >= 0.6 is 0 Å². The Labute approximate surface area is 128 Å². The molecule has 0 saturated carbocycles. The summed E-state index contributed by atoms with van der Waals surface area (Å²) in [5.74, 6) is 0. The van der Waals surface area contributed by atoms with E-state index >= 15 is 0 Å². The average molecular weight is 285 g/mol. The van der Waals surface area contributed by atoms with Gasteiger partial charge in [0.1, 0.15) is 0 Å². The topological polar surface area (TPSA) is 29.9 Å². The molecule has 114 valence electrons. The minimum atomic E-state index is 0.346. The van der Waals surface area contributed by atoms with Gasteiger partial charge in [0.05, 0.1) is 23.1 Å². The molecule has 0 aliphatic heterocycles. The molecule has 3 heteroatoms. The summed E-state index contributed by atoms with van der Waals surface area (Å²) in [4.78, 5) is 0. The van der Waals surface area contributed by atoms with Crippen molar-refractivity contribution in [2.75, 3.05) is 5.32 Å². The number of benzene rings is 1. The summed E-state index contributed by atoms with van der Waals surface area (Å²) < 4.78 is 2.10. The Morgan fingerprint density at radius 2 is 1.81 bits per heavy atom. The van der Waals surface area contributed by atoms with Crippen LogP contribution in [0.15, 0.2) is 30.3 Å². The van der Waals surface area contributed by atoms with Crippen LogP contribution in [0.1, 0.15) is 62.6 Å². The van der Waals surface area contributed by atoms with E-state index in [0.29, 0.717) is 12.1 Å². The molecule has 0 aliphatic carbocycles. The summed E-state index contributed by atoms with van der Waals surface area (Å²) in [6.07, 6.45) is 2.28. The Hall–Kier alpha value is -1.77. The SMILES string of the molecule is CCCC(Nc1c(C)nn(C(C)C)c1C)c1ccccc1. The summed E-state index contributed by atoms with van der Waals surface area (Å²) >= 11 is 0. The van der Waals surface area contributed by atoms with Gasteiger partial charge in [-0.1, -0.05) is 43.7 Å². The molecule has 0 radical (unpaired) electrons. The zero-order chi connectivity index (χ0) is 15.4. The fourth-order valence-corrected chi connectivity index (χ4v) is 2.85. The summed E-state index contributed by atoms with van der Waals surface area (Å²) in [5, 5.41) is 8.40. The molecule has 21 heavy (non-hydrogen) atoms. The van der Waals surface area contributed by atoms with Crippen LogP contribution in [-0.4, -0.2) is 9.78 Å². The van der Waals surface area contributed by atoms with Crippen molar-refractivity contribution in [1.29, 1.82) is 0 Å². The highest BCUT2D eigenvalue weighted by molar-refractivity contribution is 5.53. The minimum absolute atomic E-state index is 0.346. The van der Waals surface area contributed by atoms with Gasteiger partial charge in [0.25, 0.3) is 0 Å². The van der Waals surface area contributed by atoms with Gasteiger partial charge >= 0.3 is 0 Å². The molecule has 1 aromatic heterocycles. The van der Waals surface area contributed by atoms with E-state index in [4.69, 9.17) is 0 Å². The lowest BCUT2D eigenvalue weighted by Crippen LogP contribution is -2.12. The maximum Gasteiger partial charge on any atom is 0.0828 e. The van der Waals surface area contributed by atoms with Crippen molar-refractivity contribution in [3.63, 3.8) is 0 Å². The Kier molecular flexibility index (Phi) is 5.05. The fourth-order valence-electron chi connectivity index (χ4n) is 2.85. The molecule has 0 saturated heterocycles. The van der Waals surface area contributed by atoms with Crippen LogP contribution in [0.5, 0.6) is 0 Å². The van der Waals surface area contributed by atoms with Gasteiger partial charge in [-0.05, 0) is 39.7 Å². The molecule has 1 aromatic carbocycles. The van der Waals surface area contributed by atoms with E-state index in [9.17, 15) is 0 Å². The third-order valence-corrected chi connectivity index (χ3v) is 3.91. The molecule has 1 N–H and O–H groups in total. The summed E-state index contributed by atoms with van der Waals surface area (Å²) in [7, 11) is 0. The highest BCUT2D eigenvalue weighted by atomic mass is 15.3. The van der Waals surface area contributed by atoms with E-state index in [1.54, 1.807) is 0 Å². The number of rotatable bonds is 6. The van der Waals surface area contributed by atoms with E-state index in [2.05, 4.69) is 80.0 Å². The second-order valence-electron chi connectivity index (χ2n) is 5.98. The van der Waals surface area contributed by atoms with Crippen molar-refractivity contribution in [2.24, 2.45) is 0 Å². The van der Waals surface area contributed by atoms with Crippen LogP contribution in [0.4, 0.5) is 5.69 Å². The van der Waals surface area contributed by atoms with E-state index in [0.717, 1.165) is 18.5 Å². The number of nitrogens with one attached hydrogen (secondary N) is 1. The molecular formula is C18H27N3. The zero-order valence-electron chi connectivity index (χ0n) is 13.9. The molecule has 0 bridgehead atoms. The van der Waals surface area contributed by atoms with Crippen LogP contribution in [-0.2, 0) is 0 Å². The fraction of sp³-hybridized carbons (Fsp3) is 0.500. The predicted octanol–water partition coefficient (Wildman–Crippen LogP) is 5.03. The lowest BCUT2D eigenvalue weighted by Gasteiger charge is -2.20. The van der Waals surface area contributed by atoms with Gasteiger partial charge < -0.3 is 5.32 Å². The van der Waals surface area contributed by atoms with Crippen LogP contribution in [0.2, 0.25) is 0 Å². The normalized spacial score (nSPS) is 12.7. The maximum atomic E-state index is 4.67. The van der Waals surface area contributed by atoms with Crippen molar-refractivity contribution >= 4 is 5.69 Å². The van der Waals surface area contributed by atoms with Gasteiger partial charge in [-0.2, -0.15) is 5.10 Å². The van der Waals surface area contributed by atoms with Crippen molar-refractivity contribution in [2.45, 2.75) is 59.5 Å². The van der Waals surface area contributed by atoms with E-state index in [-0.39, 0.29) is 0 Å². The molecule has 3 nitrogen and oxygen atoms in total. The smallest absolute Gasteiger partial charge is 0.0828 e. The van der Waals surface area contributed by atoms with Crippen LogP contribution < -0.4 is 5.32 Å². The second-order valence-corrected chi connectivity index (χ2v) is 5.98. The first-order chi connectivity index (χ1) is 10.0. The zero-order valence-corrected chi connectivity index (χ0v) is 13.9. The molecule has 0 fully saturated rings. The second kappa shape index (κ2) is 6.79. The monoisotopic (exact) mass is 285 g/mol. The van der Waals surface area contributed by atoms with Crippen molar-refractivity contribution < 1.29 is 0 Å². The van der Waals surface area contributed by atoms with Crippen molar-refractivity contribution in [3.05, 3.63) is 47.3 Å². The van der Waals surface area contributed by atoms with Gasteiger partial charge in [0, 0.05) is 6.04 Å². The molecule has 1 heterocycles. The first kappa shape index (κ1) is 15.6. The molecule has 1 atom stereocenters. The Bertz CT molecular complexity index is 570. The first-order valence-corrected chi connectivity index (χ1v) is 7.91. The van der Waals surface area contributed by atoms with E-state index < -0.39 is 0 Å². The minimum Gasteiger partial charge on any atom is -0.375 e. The highest BCUT2D eigenvalue weighted by Crippen LogP contribution is 2.29. The van der Waals surface area contributed by atoms with Gasteiger partial charge in [0.15, 0.2) is 0 Å². The number of aromatic nitrogens is 2. The van der Waals surface area contributed by atoms with E-state index in [1.807, 2.05) is 0 Å². The van der Waals surface area contributed by atoms with Gasteiger partial charge in [-0.25, -0.2) is 0 Å². The maximum absolute atomic E-state index is 4.67. The summed E-state index contributed by atoms with van der Waals surface area (Å²) in [6.45, 7) is 10.8. The highest BCUT2D eigenvalue weighted by Gasteiger charge is 2.17. The molecule has 2 aromatic rings. The average Bonchev–Trinajstić information content (AvgIpc) is 2.75. The Morgan fingerprint density at radius 1 is 1.14 bits per heavy atom. The Morgan fingerprint density at radius 3 is 2.33 bits per heavy atom. The van der Waals surface area contributed by atoms with Gasteiger partial charge in [-0.15, -0.1) is 0 Å². The molecule has 0 amide bonds. The molecular weight excluding hydrogens is 258 g/mol. The largest absolute Gasteiger partial charge is 0.375 e. The third kappa shape index (κ3) is 3.46. The van der Waals surface area contributed by atoms with Crippen LogP contribution in [0.25, 0.3) is 0 Å². The Balaban J connectivity index is 2.30. The van der Waals surface area contributed by atoms with Crippen LogP contribution in [0.3, 0.4) is 0 Å². The lowest BCUT2D eigenvalue weighted by atomic mass is 10.0. The van der Waals surface area contributed by atoms with E-state index in [1.165, 1.54) is 16.9 Å². The standard InChI is InChI=1S/C18H27N3/c1-6-10-17(16-11-8-7-9-12-16)19-18-14(4)20-21(13(2)3)15(18)5/h7-9,11-13,17,19H,6,10H2,1-5H3. The predicted molar refractivity (Wildman–Crippen MR) is 89.8 cm³/mol. The molecule has 2 rings (SSSR count). The number of hydrogen-bond donors (Lipinski definition) is 1. The number of nitrogens with zero attached hydrogens (tertiary/aromatic N) is 2. The number of aryl methyl sites for hydroxylation is 1. The van der Waals surface area contributed by atoms with Crippen LogP contribution in [0, 0.1) is 13.8 Å². The van der Waals surface area contributed by atoms with Crippen molar-refractivity contribution in [3.8, 4) is 0 Å². The molecule has 1 unspecified atom stereocenters. The lowest BCUT2D eigenvalue weighted by molar-refractivity contribution is 0.516. The summed E-state index contributed by atoms with van der Waals surface area (Å²) in [6, 6.07) is 11.4. The van der Waals surface area contributed by atoms with Gasteiger partial charge in [0.2, 0.25) is 0 Å². The van der Waals surface area contributed by atoms with Crippen molar-refractivity contribution in [1.82, 2.24) is 9.78 Å². The first-order valence-electron chi connectivity index (χ1n) is 7.91. The summed E-state index contributed by atoms with van der Waals surface area (Å²) in [5.41, 5.74) is 4.83. The molecule has 0 spiro atoms. The quantitative estimate of drug-likeness (QED) is 0.806. The molecule has 0 aliphatic rings. The van der Waals surface area contributed by atoms with Gasteiger partial charge in [-0.3, -0.25) is 4.68 Å². The number of anilines is 1. The number of hydrogen-bond acceptors (Lipinski definition) is 2.